The van der Waals surface area contributed by atoms with Crippen LogP contribution in [-0.2, 0) is 14.3 Å². The van der Waals surface area contributed by atoms with Crippen molar-refractivity contribution in [3.8, 4) is 0 Å². The Labute approximate surface area is 96.5 Å². The largest absolute Gasteiger partial charge is 0.459 e. The van der Waals surface area contributed by atoms with Gasteiger partial charge in [0.15, 0.2) is 0 Å². The molecule has 0 spiro atoms. The molecule has 2 aliphatic carbocycles. The van der Waals surface area contributed by atoms with E-state index in [2.05, 4.69) is 0 Å². The minimum absolute atomic E-state index is 0.0282. The quantitative estimate of drug-likeness (QED) is 0.677. The minimum Gasteiger partial charge on any atom is -0.459 e. The van der Waals surface area contributed by atoms with E-state index >= 15 is 0 Å². The highest BCUT2D eigenvalue weighted by molar-refractivity contribution is 5.84. The lowest BCUT2D eigenvalue weighted by molar-refractivity contribution is -0.173. The molecule has 2 saturated carbocycles. The number of ether oxygens (including phenoxy) is 1. The first-order valence-corrected chi connectivity index (χ1v) is 6.26. The molecule has 0 aromatic heterocycles. The van der Waals surface area contributed by atoms with E-state index in [9.17, 15) is 9.59 Å². The summed E-state index contributed by atoms with van der Waals surface area (Å²) in [5, 5.41) is 0. The molecule has 3 nitrogen and oxygen atoms in total. The highest BCUT2D eigenvalue weighted by Gasteiger charge is 2.39. The van der Waals surface area contributed by atoms with E-state index in [0.29, 0.717) is 25.0 Å². The fourth-order valence-corrected chi connectivity index (χ4v) is 2.56. The number of rotatable bonds is 2. The van der Waals surface area contributed by atoms with Gasteiger partial charge in [0.2, 0.25) is 0 Å². The highest BCUT2D eigenvalue weighted by Crippen LogP contribution is 2.37. The van der Waals surface area contributed by atoms with Gasteiger partial charge in [-0.2, -0.15) is 0 Å². The van der Waals surface area contributed by atoms with Crippen molar-refractivity contribution in [2.75, 3.05) is 0 Å². The van der Waals surface area contributed by atoms with E-state index in [-0.39, 0.29) is 23.4 Å². The van der Waals surface area contributed by atoms with Gasteiger partial charge in [-0.15, -0.1) is 0 Å². The molecular weight excluding hydrogens is 204 g/mol. The molecule has 0 saturated heterocycles. The molecule has 0 aromatic rings. The third-order valence-corrected chi connectivity index (χ3v) is 4.02. The van der Waals surface area contributed by atoms with Crippen molar-refractivity contribution in [2.45, 2.75) is 58.0 Å². The van der Waals surface area contributed by atoms with Crippen LogP contribution in [-0.4, -0.2) is 17.4 Å². The summed E-state index contributed by atoms with van der Waals surface area (Å²) in [6.07, 6.45) is 5.02. The van der Waals surface area contributed by atoms with Crippen molar-refractivity contribution in [2.24, 2.45) is 11.8 Å². The van der Waals surface area contributed by atoms with Crippen molar-refractivity contribution in [3.05, 3.63) is 0 Å². The molecule has 2 aliphatic rings. The van der Waals surface area contributed by atoms with Crippen molar-refractivity contribution >= 4 is 11.8 Å². The maximum Gasteiger partial charge on any atom is 0.309 e. The van der Waals surface area contributed by atoms with Crippen molar-refractivity contribution in [3.63, 3.8) is 0 Å². The maximum absolute atomic E-state index is 11.9. The van der Waals surface area contributed by atoms with Gasteiger partial charge in [-0.25, -0.2) is 0 Å². The van der Waals surface area contributed by atoms with Crippen LogP contribution in [0.4, 0.5) is 0 Å². The molecular formula is C13H20O3. The van der Waals surface area contributed by atoms with Crippen LogP contribution >= 0.6 is 0 Å². The lowest BCUT2D eigenvalue weighted by atomic mass is 9.80. The van der Waals surface area contributed by atoms with E-state index in [0.717, 1.165) is 19.3 Å². The Bertz CT molecular complexity index is 304. The summed E-state index contributed by atoms with van der Waals surface area (Å²) < 4.78 is 5.55. The van der Waals surface area contributed by atoms with E-state index < -0.39 is 0 Å². The Balaban J connectivity index is 1.87. The summed E-state index contributed by atoms with van der Waals surface area (Å²) in [5.74, 6) is 0.186. The summed E-state index contributed by atoms with van der Waals surface area (Å²) in [6, 6.07) is 0. The minimum atomic E-state index is -0.207. The second-order valence-electron chi connectivity index (χ2n) is 5.56. The first-order valence-electron chi connectivity index (χ1n) is 6.26. The molecule has 0 heterocycles. The van der Waals surface area contributed by atoms with Gasteiger partial charge in [0.25, 0.3) is 0 Å². The molecule has 0 aliphatic heterocycles. The highest BCUT2D eigenvalue weighted by atomic mass is 16.6. The monoisotopic (exact) mass is 224 g/mol. The van der Waals surface area contributed by atoms with Crippen LogP contribution in [0.25, 0.3) is 0 Å². The molecule has 2 atom stereocenters. The van der Waals surface area contributed by atoms with E-state index in [1.54, 1.807) is 0 Å². The van der Waals surface area contributed by atoms with E-state index in [1.165, 1.54) is 0 Å². The van der Waals surface area contributed by atoms with Gasteiger partial charge >= 0.3 is 5.97 Å². The Kier molecular flexibility index (Phi) is 3.04. The molecule has 16 heavy (non-hydrogen) atoms. The molecule has 0 N–H and O–H groups in total. The van der Waals surface area contributed by atoms with Gasteiger partial charge in [-0.3, -0.25) is 9.59 Å². The van der Waals surface area contributed by atoms with Crippen LogP contribution in [0.15, 0.2) is 0 Å². The number of hydrogen-bond acceptors (Lipinski definition) is 3. The summed E-state index contributed by atoms with van der Waals surface area (Å²) in [5.41, 5.74) is -0.207. The normalized spacial score (nSPS) is 33.0. The van der Waals surface area contributed by atoms with Crippen LogP contribution in [0.3, 0.4) is 0 Å². The first-order chi connectivity index (χ1) is 7.50. The zero-order valence-corrected chi connectivity index (χ0v) is 10.1. The number of carbonyl (C=O) groups is 2. The van der Waals surface area contributed by atoms with Crippen molar-refractivity contribution in [1.82, 2.24) is 0 Å². The molecule has 0 amide bonds. The van der Waals surface area contributed by atoms with Gasteiger partial charge in [0.1, 0.15) is 11.4 Å². The molecule has 2 rings (SSSR count). The second-order valence-corrected chi connectivity index (χ2v) is 5.56. The molecule has 0 unspecified atom stereocenters. The van der Waals surface area contributed by atoms with Crippen LogP contribution in [0.1, 0.15) is 52.4 Å². The maximum atomic E-state index is 11.9. The van der Waals surface area contributed by atoms with Gasteiger partial charge in [0, 0.05) is 12.3 Å². The second kappa shape index (κ2) is 4.19. The fraction of sp³-hybridized carbons (Fsp3) is 0.846. The lowest BCUT2D eigenvalue weighted by Crippen LogP contribution is -2.41. The number of hydrogen-bond donors (Lipinski definition) is 0. The molecule has 0 bridgehead atoms. The van der Waals surface area contributed by atoms with Crippen molar-refractivity contribution < 1.29 is 14.3 Å². The summed E-state index contributed by atoms with van der Waals surface area (Å²) >= 11 is 0. The average Bonchev–Trinajstić information content (AvgIpc) is 2.19. The van der Waals surface area contributed by atoms with Crippen LogP contribution in [0.5, 0.6) is 0 Å². The van der Waals surface area contributed by atoms with E-state index in [1.807, 2.05) is 13.8 Å². The van der Waals surface area contributed by atoms with Crippen LogP contribution < -0.4 is 0 Å². The molecule has 90 valence electrons. The zero-order chi connectivity index (χ0) is 11.8. The summed E-state index contributed by atoms with van der Waals surface area (Å²) in [4.78, 5) is 23.3. The fourth-order valence-electron chi connectivity index (χ4n) is 2.56. The molecule has 0 aromatic carbocycles. The van der Waals surface area contributed by atoms with Crippen LogP contribution in [0.2, 0.25) is 0 Å². The summed E-state index contributed by atoms with van der Waals surface area (Å²) in [7, 11) is 0. The van der Waals surface area contributed by atoms with Crippen LogP contribution in [0, 0.1) is 11.8 Å². The molecule has 0 radical (unpaired) electrons. The predicted octanol–water partition coefficient (Wildman–Crippen LogP) is 2.48. The average molecular weight is 224 g/mol. The van der Waals surface area contributed by atoms with Crippen molar-refractivity contribution in [1.29, 1.82) is 0 Å². The topological polar surface area (TPSA) is 43.4 Å². The standard InChI is InChI=1S/C13H20O3/c1-9-8-10(4-5-11(9)14)12(15)16-13(2)6-3-7-13/h9-10H,3-8H2,1-2H3/t9-,10-/m1/s1. The Hall–Kier alpha value is -0.860. The molecule has 2 fully saturated rings. The Morgan fingerprint density at radius 1 is 1.44 bits per heavy atom. The third kappa shape index (κ3) is 2.28. The van der Waals surface area contributed by atoms with Gasteiger partial charge in [-0.05, 0) is 39.0 Å². The number of carbonyl (C=O) groups excluding carboxylic acids is 2. The Morgan fingerprint density at radius 2 is 2.12 bits per heavy atom. The van der Waals surface area contributed by atoms with Gasteiger partial charge in [0.05, 0.1) is 5.92 Å². The predicted molar refractivity (Wildman–Crippen MR) is 59.9 cm³/mol. The number of esters is 1. The third-order valence-electron chi connectivity index (χ3n) is 4.02. The smallest absolute Gasteiger partial charge is 0.309 e. The number of ketones is 1. The first kappa shape index (κ1) is 11.6. The Morgan fingerprint density at radius 3 is 2.62 bits per heavy atom. The summed E-state index contributed by atoms with van der Waals surface area (Å²) in [6.45, 7) is 3.92. The SMILES string of the molecule is C[C@@H]1C[C@H](C(=O)OC2(C)CCC2)CCC1=O. The lowest BCUT2D eigenvalue weighted by Gasteiger charge is -2.39. The number of Topliss-reactive ketones (excluding diaryl/α,β-unsaturated/α-hetero) is 1. The van der Waals surface area contributed by atoms with Gasteiger partial charge in [-0.1, -0.05) is 6.92 Å². The molecule has 3 heteroatoms. The van der Waals surface area contributed by atoms with E-state index in [4.69, 9.17) is 4.74 Å². The van der Waals surface area contributed by atoms with Gasteiger partial charge < -0.3 is 4.74 Å². The zero-order valence-electron chi connectivity index (χ0n) is 10.1.